The molecule has 0 aromatic carbocycles. The zero-order valence-corrected chi connectivity index (χ0v) is 7.07. The molecule has 10 heavy (non-hydrogen) atoms. The van der Waals surface area contributed by atoms with Crippen molar-refractivity contribution in [3.05, 3.63) is 0 Å². The number of fused-ring (bicyclic) bond motifs is 1. The standard InChI is InChI=1S/C8H16N2/c1-9-8-4-7(8,5-8)6-10(2)3/h9H,4-6H2,1-3H3. The van der Waals surface area contributed by atoms with Crippen LogP contribution in [0.15, 0.2) is 0 Å². The van der Waals surface area contributed by atoms with Crippen molar-refractivity contribution in [1.82, 2.24) is 10.2 Å². The van der Waals surface area contributed by atoms with Gasteiger partial charge in [-0.2, -0.15) is 0 Å². The molecule has 0 spiro atoms. The molecule has 0 aliphatic heterocycles. The van der Waals surface area contributed by atoms with E-state index in [-0.39, 0.29) is 0 Å². The average Bonchev–Trinajstić information content (AvgIpc) is 2.50. The van der Waals surface area contributed by atoms with Gasteiger partial charge >= 0.3 is 0 Å². The first kappa shape index (κ1) is 6.62. The van der Waals surface area contributed by atoms with Crippen molar-refractivity contribution in [3.8, 4) is 0 Å². The molecule has 2 aliphatic rings. The highest BCUT2D eigenvalue weighted by atomic mass is 15.2. The molecule has 2 fully saturated rings. The summed E-state index contributed by atoms with van der Waals surface area (Å²) in [5.41, 5.74) is 1.29. The van der Waals surface area contributed by atoms with Gasteiger partial charge in [0.25, 0.3) is 0 Å². The van der Waals surface area contributed by atoms with Gasteiger partial charge in [0.15, 0.2) is 0 Å². The molecule has 0 unspecified atom stereocenters. The Kier molecular flexibility index (Phi) is 1.03. The first-order valence-corrected chi connectivity index (χ1v) is 3.98. The van der Waals surface area contributed by atoms with Crippen molar-refractivity contribution in [1.29, 1.82) is 0 Å². The van der Waals surface area contributed by atoms with Crippen LogP contribution in [0, 0.1) is 5.41 Å². The predicted octanol–water partition coefficient (Wildman–Crippen LogP) is 0.300. The second-order valence-corrected chi connectivity index (χ2v) is 4.20. The van der Waals surface area contributed by atoms with Crippen LogP contribution in [0.2, 0.25) is 0 Å². The fourth-order valence-corrected chi connectivity index (χ4v) is 2.33. The van der Waals surface area contributed by atoms with E-state index in [1.807, 2.05) is 0 Å². The van der Waals surface area contributed by atoms with Crippen molar-refractivity contribution in [2.24, 2.45) is 5.41 Å². The van der Waals surface area contributed by atoms with Gasteiger partial charge in [0.05, 0.1) is 0 Å². The molecule has 1 N–H and O–H groups in total. The minimum atomic E-state index is 0.595. The third kappa shape index (κ3) is 0.611. The van der Waals surface area contributed by atoms with Crippen LogP contribution in [0.5, 0.6) is 0 Å². The van der Waals surface area contributed by atoms with Gasteiger partial charge in [-0.05, 0) is 34.0 Å². The largest absolute Gasteiger partial charge is 0.314 e. The zero-order valence-electron chi connectivity index (χ0n) is 7.07. The van der Waals surface area contributed by atoms with Crippen molar-refractivity contribution < 1.29 is 0 Å². The molecule has 0 aromatic rings. The molecule has 0 radical (unpaired) electrons. The molecule has 0 heterocycles. The number of nitrogens with one attached hydrogen (secondary N) is 1. The van der Waals surface area contributed by atoms with E-state index in [4.69, 9.17) is 0 Å². The van der Waals surface area contributed by atoms with Crippen LogP contribution in [0.3, 0.4) is 0 Å². The summed E-state index contributed by atoms with van der Waals surface area (Å²) in [5, 5.41) is 3.41. The maximum atomic E-state index is 3.41. The van der Waals surface area contributed by atoms with Crippen LogP contribution in [-0.4, -0.2) is 38.1 Å². The van der Waals surface area contributed by atoms with E-state index < -0.39 is 0 Å². The molecule has 2 saturated carbocycles. The molecular formula is C8H16N2. The maximum Gasteiger partial charge on any atom is 0.0261 e. The first-order chi connectivity index (χ1) is 4.64. The fraction of sp³-hybridized carbons (Fsp3) is 1.00. The molecule has 0 atom stereocenters. The molecule has 58 valence electrons. The quantitative estimate of drug-likeness (QED) is 0.606. The second kappa shape index (κ2) is 1.56. The Hall–Kier alpha value is -0.0800. The summed E-state index contributed by atoms with van der Waals surface area (Å²) >= 11 is 0. The molecule has 2 aliphatic carbocycles. The van der Waals surface area contributed by atoms with E-state index in [0.29, 0.717) is 11.0 Å². The molecule has 0 bridgehead atoms. The molecule has 0 amide bonds. The monoisotopic (exact) mass is 140 g/mol. The van der Waals surface area contributed by atoms with E-state index in [1.165, 1.54) is 19.4 Å². The lowest BCUT2D eigenvalue weighted by atomic mass is 10.2. The number of hydrogen-bond acceptors (Lipinski definition) is 2. The van der Waals surface area contributed by atoms with Crippen molar-refractivity contribution in [2.45, 2.75) is 18.4 Å². The molecule has 2 rings (SSSR count). The lowest BCUT2D eigenvalue weighted by Gasteiger charge is -2.09. The van der Waals surface area contributed by atoms with Crippen LogP contribution < -0.4 is 5.32 Å². The van der Waals surface area contributed by atoms with E-state index >= 15 is 0 Å². The van der Waals surface area contributed by atoms with E-state index in [0.717, 1.165) is 0 Å². The van der Waals surface area contributed by atoms with Gasteiger partial charge in [0.1, 0.15) is 0 Å². The van der Waals surface area contributed by atoms with Gasteiger partial charge in [-0.1, -0.05) is 0 Å². The Morgan fingerprint density at radius 2 is 2.00 bits per heavy atom. The minimum Gasteiger partial charge on any atom is -0.314 e. The van der Waals surface area contributed by atoms with Gasteiger partial charge in [-0.3, -0.25) is 0 Å². The number of rotatable bonds is 3. The van der Waals surface area contributed by atoms with Crippen molar-refractivity contribution in [2.75, 3.05) is 27.7 Å². The highest BCUT2D eigenvalue weighted by Gasteiger charge is 2.82. The van der Waals surface area contributed by atoms with Gasteiger partial charge in [-0.25, -0.2) is 0 Å². The smallest absolute Gasteiger partial charge is 0.0261 e. The third-order valence-electron chi connectivity index (χ3n) is 3.14. The normalized spacial score (nSPS) is 49.2. The number of hydrogen-bond donors (Lipinski definition) is 1. The molecule has 0 aromatic heterocycles. The van der Waals surface area contributed by atoms with Crippen molar-refractivity contribution in [3.63, 3.8) is 0 Å². The third-order valence-corrected chi connectivity index (χ3v) is 3.14. The SMILES string of the molecule is CNC12CC1(CN(C)C)C2. The summed E-state index contributed by atoms with van der Waals surface area (Å²) in [5.74, 6) is 0. The summed E-state index contributed by atoms with van der Waals surface area (Å²) in [6, 6.07) is 0. The van der Waals surface area contributed by atoms with E-state index in [1.54, 1.807) is 0 Å². The van der Waals surface area contributed by atoms with E-state index in [9.17, 15) is 0 Å². The zero-order chi connectivity index (χ0) is 7.41. The Balaban J connectivity index is 1.89. The van der Waals surface area contributed by atoms with Gasteiger partial charge < -0.3 is 10.2 Å². The predicted molar refractivity (Wildman–Crippen MR) is 42.0 cm³/mol. The summed E-state index contributed by atoms with van der Waals surface area (Å²) in [6.07, 6.45) is 2.82. The average molecular weight is 140 g/mol. The molecule has 0 saturated heterocycles. The Labute approximate surface area is 62.6 Å². The lowest BCUT2D eigenvalue weighted by Crippen LogP contribution is -2.20. The first-order valence-electron chi connectivity index (χ1n) is 3.98. The highest BCUT2D eigenvalue weighted by molar-refractivity contribution is 5.38. The van der Waals surface area contributed by atoms with Crippen molar-refractivity contribution >= 4 is 0 Å². The van der Waals surface area contributed by atoms with Crippen LogP contribution in [0.1, 0.15) is 12.8 Å². The summed E-state index contributed by atoms with van der Waals surface area (Å²) in [6.45, 7) is 1.27. The van der Waals surface area contributed by atoms with Crippen LogP contribution in [0.25, 0.3) is 0 Å². The number of nitrogens with zero attached hydrogens (tertiary/aromatic N) is 1. The summed E-state index contributed by atoms with van der Waals surface area (Å²) < 4.78 is 0. The van der Waals surface area contributed by atoms with Crippen LogP contribution >= 0.6 is 0 Å². The van der Waals surface area contributed by atoms with Gasteiger partial charge in [-0.15, -0.1) is 0 Å². The Morgan fingerprint density at radius 3 is 2.30 bits per heavy atom. The van der Waals surface area contributed by atoms with Gasteiger partial charge in [0, 0.05) is 17.5 Å². The van der Waals surface area contributed by atoms with Crippen LogP contribution in [0.4, 0.5) is 0 Å². The summed E-state index contributed by atoms with van der Waals surface area (Å²) in [4.78, 5) is 2.30. The highest BCUT2D eigenvalue weighted by Crippen LogP contribution is 2.78. The second-order valence-electron chi connectivity index (χ2n) is 4.20. The van der Waals surface area contributed by atoms with Crippen LogP contribution in [-0.2, 0) is 0 Å². The fourth-order valence-electron chi connectivity index (χ4n) is 2.33. The van der Waals surface area contributed by atoms with Gasteiger partial charge in [0.2, 0.25) is 0 Å². The minimum absolute atomic E-state index is 0.595. The molecule has 2 nitrogen and oxygen atoms in total. The Bertz CT molecular complexity index is 157. The topological polar surface area (TPSA) is 15.3 Å². The maximum absolute atomic E-state index is 3.41. The Morgan fingerprint density at radius 1 is 1.40 bits per heavy atom. The van der Waals surface area contributed by atoms with E-state index in [2.05, 4.69) is 31.4 Å². The molecular weight excluding hydrogens is 124 g/mol. The molecule has 2 heteroatoms. The summed E-state index contributed by atoms with van der Waals surface area (Å²) in [7, 11) is 6.40. The lowest BCUT2D eigenvalue weighted by molar-refractivity contribution is 0.353.